The fraction of sp³-hybridized carbons (Fsp3) is 0.500. The van der Waals surface area contributed by atoms with Gasteiger partial charge < -0.3 is 10.2 Å². The van der Waals surface area contributed by atoms with Crippen molar-refractivity contribution in [3.8, 4) is 0 Å². The Balaban J connectivity index is 2.94. The monoisotopic (exact) mass is 479 g/mol. The zero-order valence-corrected chi connectivity index (χ0v) is 21.0. The van der Waals surface area contributed by atoms with Crippen molar-refractivity contribution < 1.29 is 4.79 Å². The highest BCUT2D eigenvalue weighted by molar-refractivity contribution is 6.29. The van der Waals surface area contributed by atoms with Crippen molar-refractivity contribution in [2.75, 3.05) is 26.2 Å². The molecule has 0 spiro atoms. The molecule has 0 radical (unpaired) electrons. The number of allylic oxidation sites excluding steroid dienone is 6. The maximum Gasteiger partial charge on any atom is 0.228 e. The molecule has 1 N–H and O–H groups in total. The van der Waals surface area contributed by atoms with Crippen molar-refractivity contribution in [1.29, 1.82) is 0 Å². The van der Waals surface area contributed by atoms with E-state index in [9.17, 15) is 4.79 Å². The molecular weight excluding hydrogens is 445 g/mol. The van der Waals surface area contributed by atoms with Crippen molar-refractivity contribution in [2.45, 2.75) is 40.5 Å². The quantitative estimate of drug-likeness (QED) is 0.233. The number of amides is 1. The molecule has 8 heteroatoms. The number of nitrogens with one attached hydrogen (secondary N) is 1. The van der Waals surface area contributed by atoms with E-state index in [1.54, 1.807) is 25.4 Å². The molecule has 176 valence electrons. The maximum absolute atomic E-state index is 12.7. The second-order valence-corrected chi connectivity index (χ2v) is 8.78. The maximum atomic E-state index is 12.7. The summed E-state index contributed by atoms with van der Waals surface area (Å²) in [6, 6.07) is 0. The Bertz CT molecular complexity index is 803. The number of hydrogen-bond donors (Lipinski definition) is 1. The van der Waals surface area contributed by atoms with E-state index in [-0.39, 0.29) is 24.2 Å². The lowest BCUT2D eigenvalue weighted by atomic mass is 9.86. The van der Waals surface area contributed by atoms with Gasteiger partial charge in [-0.2, -0.15) is 10.2 Å². The van der Waals surface area contributed by atoms with Crippen LogP contribution in [0.1, 0.15) is 40.5 Å². The molecule has 0 saturated carbocycles. The molecule has 1 rings (SSSR count). The van der Waals surface area contributed by atoms with Gasteiger partial charge in [0.05, 0.1) is 12.1 Å². The smallest absolute Gasteiger partial charge is 0.228 e. The van der Waals surface area contributed by atoms with Gasteiger partial charge in [0, 0.05) is 54.6 Å². The van der Waals surface area contributed by atoms with E-state index in [0.717, 1.165) is 23.7 Å². The molecule has 32 heavy (non-hydrogen) atoms. The van der Waals surface area contributed by atoms with Crippen LogP contribution in [0.15, 0.2) is 60.8 Å². The number of halogens is 2. The van der Waals surface area contributed by atoms with E-state index in [1.165, 1.54) is 5.57 Å². The minimum Gasteiger partial charge on any atom is -0.341 e. The molecule has 0 bridgehead atoms. The van der Waals surface area contributed by atoms with E-state index in [0.29, 0.717) is 24.7 Å². The van der Waals surface area contributed by atoms with Crippen molar-refractivity contribution >= 4 is 48.3 Å². The molecule has 0 aromatic carbocycles. The number of carbonyl (C=O) groups excluding carboxylic acids is 1. The SMILES string of the molecule is C=NC(=CC=C(C)Cl)CNCC1CN(C(=O)CC=NN=CC)CC1C(=CC=C(C)Cl)CC. The van der Waals surface area contributed by atoms with Gasteiger partial charge in [0.1, 0.15) is 0 Å². The Kier molecular flexibility index (Phi) is 13.8. The Hall–Kier alpha value is -2.02. The lowest BCUT2D eigenvalue weighted by Crippen LogP contribution is -2.31. The fourth-order valence-corrected chi connectivity index (χ4v) is 3.68. The third-order valence-electron chi connectivity index (χ3n) is 5.16. The van der Waals surface area contributed by atoms with E-state index in [1.807, 2.05) is 30.9 Å². The number of rotatable bonds is 12. The first-order valence-corrected chi connectivity index (χ1v) is 11.6. The van der Waals surface area contributed by atoms with Crippen LogP contribution in [0.2, 0.25) is 0 Å². The molecule has 0 aromatic heterocycles. The van der Waals surface area contributed by atoms with Crippen molar-refractivity contribution in [1.82, 2.24) is 10.2 Å². The number of nitrogens with zero attached hydrogens (tertiary/aromatic N) is 4. The molecule has 2 unspecified atom stereocenters. The lowest BCUT2D eigenvalue weighted by Gasteiger charge is -2.21. The highest BCUT2D eigenvalue weighted by atomic mass is 35.5. The van der Waals surface area contributed by atoms with Crippen molar-refractivity contribution in [3.05, 3.63) is 45.6 Å². The number of carbonyl (C=O) groups is 1. The molecule has 1 amide bonds. The van der Waals surface area contributed by atoms with Crippen LogP contribution < -0.4 is 5.32 Å². The van der Waals surface area contributed by atoms with Crippen LogP contribution in [-0.2, 0) is 4.79 Å². The summed E-state index contributed by atoms with van der Waals surface area (Å²) >= 11 is 11.9. The van der Waals surface area contributed by atoms with Gasteiger partial charge in [0.2, 0.25) is 5.91 Å². The summed E-state index contributed by atoms with van der Waals surface area (Å²) < 4.78 is 0. The average molecular weight is 480 g/mol. The van der Waals surface area contributed by atoms with Gasteiger partial charge in [-0.05, 0) is 58.1 Å². The molecule has 1 saturated heterocycles. The predicted molar refractivity (Wildman–Crippen MR) is 139 cm³/mol. The van der Waals surface area contributed by atoms with Crippen LogP contribution in [0.5, 0.6) is 0 Å². The van der Waals surface area contributed by atoms with Crippen molar-refractivity contribution in [2.24, 2.45) is 27.0 Å². The molecule has 2 atom stereocenters. The largest absolute Gasteiger partial charge is 0.341 e. The third kappa shape index (κ3) is 10.5. The minimum atomic E-state index is 0.0585. The van der Waals surface area contributed by atoms with Crippen molar-refractivity contribution in [3.63, 3.8) is 0 Å². The lowest BCUT2D eigenvalue weighted by molar-refractivity contribution is -0.128. The topological polar surface area (TPSA) is 69.4 Å². The van der Waals surface area contributed by atoms with Gasteiger partial charge >= 0.3 is 0 Å². The minimum absolute atomic E-state index is 0.0585. The van der Waals surface area contributed by atoms with Crippen LogP contribution in [-0.4, -0.2) is 56.1 Å². The molecule has 0 aromatic rings. The molecular formula is C24H35Cl2N5O. The summed E-state index contributed by atoms with van der Waals surface area (Å²) in [6.07, 6.45) is 12.0. The molecule has 1 aliphatic rings. The van der Waals surface area contributed by atoms with Gasteiger partial charge in [-0.25, -0.2) is 0 Å². The van der Waals surface area contributed by atoms with Gasteiger partial charge in [0.25, 0.3) is 0 Å². The highest BCUT2D eigenvalue weighted by Crippen LogP contribution is 2.31. The first kappa shape index (κ1) is 28.0. The highest BCUT2D eigenvalue weighted by Gasteiger charge is 2.36. The summed E-state index contributed by atoms with van der Waals surface area (Å²) in [5.41, 5.74) is 2.10. The Morgan fingerprint density at radius 3 is 2.41 bits per heavy atom. The number of hydrogen-bond acceptors (Lipinski definition) is 5. The zero-order chi connectivity index (χ0) is 23.9. The normalized spacial score (nSPS) is 21.2. The molecule has 0 aliphatic carbocycles. The summed E-state index contributed by atoms with van der Waals surface area (Å²) in [5.74, 6) is 0.586. The van der Waals surface area contributed by atoms with Crippen LogP contribution >= 0.6 is 23.2 Å². The Labute approximate surface area is 202 Å². The zero-order valence-electron chi connectivity index (χ0n) is 19.5. The average Bonchev–Trinajstić information content (AvgIpc) is 3.17. The number of aliphatic imine (C=N–C) groups is 1. The Morgan fingerprint density at radius 1 is 1.12 bits per heavy atom. The summed E-state index contributed by atoms with van der Waals surface area (Å²) in [6.45, 7) is 13.9. The second-order valence-electron chi connectivity index (χ2n) is 7.59. The standard InChI is InChI=1S/C24H35Cl2N5O/c1-6-20(10-8-18(3)25)23-17-31(24(32)12-13-30-29-7-2)16-21(23)14-28-15-22(27-5)11-9-19(4)26/h7-11,13,21,23,28H,5-6,12,14-17H2,1-4H3. The molecule has 6 nitrogen and oxygen atoms in total. The Morgan fingerprint density at radius 2 is 1.81 bits per heavy atom. The fourth-order valence-electron chi connectivity index (χ4n) is 3.55. The number of likely N-dealkylation sites (tertiary alicyclic amines) is 1. The van der Waals surface area contributed by atoms with Crippen LogP contribution in [0.3, 0.4) is 0 Å². The van der Waals surface area contributed by atoms with E-state index >= 15 is 0 Å². The third-order valence-corrected chi connectivity index (χ3v) is 5.41. The molecule has 1 heterocycles. The van der Waals surface area contributed by atoms with E-state index in [2.05, 4.69) is 40.2 Å². The van der Waals surface area contributed by atoms with Crippen LogP contribution in [0.4, 0.5) is 0 Å². The summed E-state index contributed by atoms with van der Waals surface area (Å²) in [7, 11) is 0. The molecule has 1 aliphatic heterocycles. The van der Waals surface area contributed by atoms with Crippen LogP contribution in [0, 0.1) is 11.8 Å². The molecule has 1 fully saturated rings. The summed E-state index contributed by atoms with van der Waals surface area (Å²) in [4.78, 5) is 18.7. The van der Waals surface area contributed by atoms with Crippen LogP contribution in [0.25, 0.3) is 0 Å². The van der Waals surface area contributed by atoms with Gasteiger partial charge in [-0.3, -0.25) is 9.79 Å². The first-order chi connectivity index (χ1) is 15.3. The van der Waals surface area contributed by atoms with Gasteiger partial charge in [0.15, 0.2) is 0 Å². The first-order valence-electron chi connectivity index (χ1n) is 10.8. The predicted octanol–water partition coefficient (Wildman–Crippen LogP) is 5.32. The van der Waals surface area contributed by atoms with Gasteiger partial charge in [-0.1, -0.05) is 41.8 Å². The van der Waals surface area contributed by atoms with E-state index < -0.39 is 0 Å². The second kappa shape index (κ2) is 15.7. The summed E-state index contributed by atoms with van der Waals surface area (Å²) in [5, 5.41) is 12.5. The van der Waals surface area contributed by atoms with Gasteiger partial charge in [-0.15, -0.1) is 0 Å². The van der Waals surface area contributed by atoms with E-state index in [4.69, 9.17) is 23.2 Å².